The Morgan fingerprint density at radius 2 is 2.00 bits per heavy atom. The van der Waals surface area contributed by atoms with Crippen LogP contribution in [0.15, 0.2) is 71.6 Å². The van der Waals surface area contributed by atoms with E-state index in [0.717, 1.165) is 30.1 Å². The van der Waals surface area contributed by atoms with Gasteiger partial charge in [-0.25, -0.2) is 4.68 Å². The fourth-order valence-corrected chi connectivity index (χ4v) is 3.13. The number of rotatable bonds is 9. The topological polar surface area (TPSA) is 63.3 Å². The van der Waals surface area contributed by atoms with E-state index in [2.05, 4.69) is 29.2 Å². The van der Waals surface area contributed by atoms with E-state index in [0.29, 0.717) is 6.54 Å². The molecule has 6 nitrogen and oxygen atoms in total. The summed E-state index contributed by atoms with van der Waals surface area (Å²) >= 11 is 0. The Labute approximate surface area is 165 Å². The lowest BCUT2D eigenvalue weighted by Gasteiger charge is -2.28. The maximum Gasteiger partial charge on any atom is 0.244 e. The van der Waals surface area contributed by atoms with Crippen LogP contribution >= 0.6 is 0 Å². The van der Waals surface area contributed by atoms with Crippen LogP contribution in [0.2, 0.25) is 0 Å². The molecule has 2 heterocycles. The molecule has 3 aromatic rings. The molecular formula is C22H26N4O2. The van der Waals surface area contributed by atoms with Gasteiger partial charge in [-0.2, -0.15) is 5.10 Å². The Morgan fingerprint density at radius 3 is 2.68 bits per heavy atom. The zero-order valence-corrected chi connectivity index (χ0v) is 16.3. The largest absolute Gasteiger partial charge is 0.468 e. The first-order chi connectivity index (χ1) is 13.7. The summed E-state index contributed by atoms with van der Waals surface area (Å²) in [5.41, 5.74) is 1.84. The summed E-state index contributed by atoms with van der Waals surface area (Å²) in [5, 5.41) is 7.31. The van der Waals surface area contributed by atoms with Gasteiger partial charge in [0.25, 0.3) is 0 Å². The van der Waals surface area contributed by atoms with Gasteiger partial charge < -0.3 is 9.73 Å². The first-order valence-electron chi connectivity index (χ1n) is 9.54. The molecule has 0 aliphatic rings. The Morgan fingerprint density at radius 1 is 1.21 bits per heavy atom. The Hall–Kier alpha value is -3.12. The van der Waals surface area contributed by atoms with Crippen molar-refractivity contribution in [2.75, 3.05) is 19.6 Å². The molecule has 0 bridgehead atoms. The number of nitrogens with one attached hydrogen (secondary N) is 1. The number of likely N-dealkylation sites (N-methyl/N-ethyl adjacent to an activating group) is 1. The molecule has 1 unspecified atom stereocenters. The van der Waals surface area contributed by atoms with Crippen molar-refractivity contribution in [3.8, 4) is 5.69 Å². The molecule has 0 radical (unpaired) electrons. The standard InChI is InChI=1S/C22H26N4O2/c1-3-25(4-2)20(21-11-8-14-28-21)16-23-22(27)13-12-18-15-24-26(17-18)19-9-6-5-7-10-19/h5-15,17,20H,3-4,16H2,1-2H3,(H,23,27)/b13-12+. The van der Waals surface area contributed by atoms with Crippen molar-refractivity contribution in [3.05, 3.63) is 78.5 Å². The second-order valence-electron chi connectivity index (χ2n) is 6.38. The van der Waals surface area contributed by atoms with E-state index in [4.69, 9.17) is 4.42 Å². The quantitative estimate of drug-likeness (QED) is 0.577. The molecule has 0 fully saturated rings. The van der Waals surface area contributed by atoms with Crippen molar-refractivity contribution < 1.29 is 9.21 Å². The molecule has 3 rings (SSSR count). The molecule has 2 aromatic heterocycles. The van der Waals surface area contributed by atoms with E-state index in [-0.39, 0.29) is 11.9 Å². The van der Waals surface area contributed by atoms with Gasteiger partial charge >= 0.3 is 0 Å². The summed E-state index contributed by atoms with van der Waals surface area (Å²) in [7, 11) is 0. The SMILES string of the molecule is CCN(CC)C(CNC(=O)/C=C/c1cnn(-c2ccccc2)c1)c1ccco1. The molecule has 1 aromatic carbocycles. The molecule has 0 aliphatic carbocycles. The van der Waals surface area contributed by atoms with Crippen LogP contribution in [0.1, 0.15) is 31.2 Å². The van der Waals surface area contributed by atoms with E-state index >= 15 is 0 Å². The number of nitrogens with zero attached hydrogens (tertiary/aromatic N) is 3. The van der Waals surface area contributed by atoms with E-state index in [1.54, 1.807) is 23.2 Å². The zero-order valence-electron chi connectivity index (χ0n) is 16.3. The molecular weight excluding hydrogens is 352 g/mol. The lowest BCUT2D eigenvalue weighted by Crippen LogP contribution is -2.37. The average Bonchev–Trinajstić information content (AvgIpc) is 3.42. The fourth-order valence-electron chi connectivity index (χ4n) is 3.13. The van der Waals surface area contributed by atoms with Crippen molar-refractivity contribution in [2.45, 2.75) is 19.9 Å². The van der Waals surface area contributed by atoms with Gasteiger partial charge in [-0.15, -0.1) is 0 Å². The lowest BCUT2D eigenvalue weighted by atomic mass is 10.2. The highest BCUT2D eigenvalue weighted by Gasteiger charge is 2.20. The first kappa shape index (κ1) is 19.6. The van der Waals surface area contributed by atoms with Crippen molar-refractivity contribution in [1.29, 1.82) is 0 Å². The molecule has 0 saturated carbocycles. The smallest absolute Gasteiger partial charge is 0.244 e. The van der Waals surface area contributed by atoms with Gasteiger partial charge in [0.05, 0.1) is 24.2 Å². The third-order valence-electron chi connectivity index (χ3n) is 4.64. The number of carbonyl (C=O) groups excluding carboxylic acids is 1. The second-order valence-corrected chi connectivity index (χ2v) is 6.38. The number of hydrogen-bond donors (Lipinski definition) is 1. The number of hydrogen-bond acceptors (Lipinski definition) is 4. The van der Waals surface area contributed by atoms with Crippen LogP contribution in [0.5, 0.6) is 0 Å². The minimum atomic E-state index is -0.142. The highest BCUT2D eigenvalue weighted by Crippen LogP contribution is 2.20. The molecule has 28 heavy (non-hydrogen) atoms. The van der Waals surface area contributed by atoms with Gasteiger partial charge in [0.2, 0.25) is 5.91 Å². The van der Waals surface area contributed by atoms with Crippen LogP contribution in [0.25, 0.3) is 11.8 Å². The highest BCUT2D eigenvalue weighted by atomic mass is 16.3. The third-order valence-corrected chi connectivity index (χ3v) is 4.64. The predicted octanol–water partition coefficient (Wildman–Crippen LogP) is 3.68. The molecule has 146 valence electrons. The van der Waals surface area contributed by atoms with Gasteiger partial charge in [0.15, 0.2) is 0 Å². The van der Waals surface area contributed by atoms with Crippen molar-refractivity contribution in [3.63, 3.8) is 0 Å². The fraction of sp³-hybridized carbons (Fsp3) is 0.273. The van der Waals surface area contributed by atoms with Crippen molar-refractivity contribution in [1.82, 2.24) is 20.0 Å². The maximum atomic E-state index is 12.3. The van der Waals surface area contributed by atoms with Crippen LogP contribution < -0.4 is 5.32 Å². The van der Waals surface area contributed by atoms with Gasteiger partial charge in [-0.05, 0) is 43.4 Å². The average molecular weight is 378 g/mol. The zero-order chi connectivity index (χ0) is 19.8. The summed E-state index contributed by atoms with van der Waals surface area (Å²) in [6.45, 7) is 6.46. The minimum Gasteiger partial charge on any atom is -0.468 e. The number of para-hydroxylation sites is 1. The Kier molecular flexibility index (Phi) is 6.81. The molecule has 1 amide bonds. The molecule has 6 heteroatoms. The molecule has 0 spiro atoms. The van der Waals surface area contributed by atoms with Crippen LogP contribution in [-0.4, -0.2) is 40.2 Å². The van der Waals surface area contributed by atoms with Crippen LogP contribution in [-0.2, 0) is 4.79 Å². The Bertz CT molecular complexity index is 880. The van der Waals surface area contributed by atoms with Gasteiger partial charge in [-0.1, -0.05) is 32.0 Å². The van der Waals surface area contributed by atoms with E-state index in [1.165, 1.54) is 6.08 Å². The number of aromatic nitrogens is 2. The van der Waals surface area contributed by atoms with Crippen LogP contribution in [0, 0.1) is 0 Å². The predicted molar refractivity (Wildman–Crippen MR) is 110 cm³/mol. The molecule has 0 aliphatic heterocycles. The first-order valence-corrected chi connectivity index (χ1v) is 9.54. The Balaban J connectivity index is 1.59. The van der Waals surface area contributed by atoms with Crippen molar-refractivity contribution >= 4 is 12.0 Å². The van der Waals surface area contributed by atoms with E-state index in [1.807, 2.05) is 48.7 Å². The number of carbonyl (C=O) groups is 1. The van der Waals surface area contributed by atoms with Crippen molar-refractivity contribution in [2.24, 2.45) is 0 Å². The second kappa shape index (κ2) is 9.71. The van der Waals surface area contributed by atoms with E-state index in [9.17, 15) is 4.79 Å². The normalized spacial score (nSPS) is 12.5. The molecule has 0 saturated heterocycles. The summed E-state index contributed by atoms with van der Waals surface area (Å²) < 4.78 is 7.35. The lowest BCUT2D eigenvalue weighted by molar-refractivity contribution is -0.116. The number of benzene rings is 1. The summed E-state index contributed by atoms with van der Waals surface area (Å²) in [6, 6.07) is 13.7. The van der Waals surface area contributed by atoms with E-state index < -0.39 is 0 Å². The molecule has 1 N–H and O–H groups in total. The summed E-state index contributed by atoms with van der Waals surface area (Å²) in [4.78, 5) is 14.5. The van der Waals surface area contributed by atoms with Crippen LogP contribution in [0.4, 0.5) is 0 Å². The minimum absolute atomic E-state index is 0.0168. The third kappa shape index (κ3) is 4.98. The monoisotopic (exact) mass is 378 g/mol. The highest BCUT2D eigenvalue weighted by molar-refractivity contribution is 5.91. The van der Waals surface area contributed by atoms with Gasteiger partial charge in [-0.3, -0.25) is 9.69 Å². The summed E-state index contributed by atoms with van der Waals surface area (Å²) in [6.07, 6.45) is 8.59. The van der Waals surface area contributed by atoms with Gasteiger partial charge in [0, 0.05) is 24.4 Å². The maximum absolute atomic E-state index is 12.3. The number of amides is 1. The van der Waals surface area contributed by atoms with Gasteiger partial charge in [0.1, 0.15) is 5.76 Å². The molecule has 1 atom stereocenters. The summed E-state index contributed by atoms with van der Waals surface area (Å²) in [5.74, 6) is 0.716. The number of furan rings is 1. The van der Waals surface area contributed by atoms with Crippen LogP contribution in [0.3, 0.4) is 0 Å².